The Kier molecular flexibility index (Phi) is 6.30. The van der Waals surface area contributed by atoms with Crippen molar-refractivity contribution in [3.63, 3.8) is 0 Å². The second kappa shape index (κ2) is 9.26. The minimum atomic E-state index is -0.249. The molecule has 0 spiro atoms. The zero-order valence-electron chi connectivity index (χ0n) is 20.8. The van der Waals surface area contributed by atoms with Crippen molar-refractivity contribution >= 4 is 17.1 Å². The van der Waals surface area contributed by atoms with Gasteiger partial charge in [-0.05, 0) is 42.9 Å². The number of ether oxygens (including phenoxy) is 2. The van der Waals surface area contributed by atoms with Gasteiger partial charge in [-0.1, -0.05) is 33.1 Å². The molecule has 2 heterocycles. The Morgan fingerprint density at radius 1 is 1.00 bits per heavy atom. The fourth-order valence-electron chi connectivity index (χ4n) is 5.49. The fourth-order valence-corrected chi connectivity index (χ4v) is 6.40. The van der Waals surface area contributed by atoms with E-state index in [1.807, 2.05) is 0 Å². The quantitative estimate of drug-likeness (QED) is 0.425. The molecule has 0 amide bonds. The number of aromatic nitrogens is 2. The van der Waals surface area contributed by atoms with Crippen LogP contribution in [0.5, 0.6) is 11.5 Å². The van der Waals surface area contributed by atoms with E-state index >= 15 is 0 Å². The van der Waals surface area contributed by atoms with Crippen LogP contribution in [-0.2, 0) is 6.42 Å². The van der Waals surface area contributed by atoms with E-state index in [4.69, 9.17) is 14.5 Å². The van der Waals surface area contributed by atoms with Crippen LogP contribution in [0, 0.1) is 5.41 Å². The van der Waals surface area contributed by atoms with Crippen LogP contribution in [0.25, 0.3) is 16.3 Å². The number of nitrogens with zero attached hydrogens (tertiary/aromatic N) is 2. The van der Waals surface area contributed by atoms with Crippen LogP contribution < -0.4 is 15.0 Å². The molecule has 5 rings (SSSR count). The smallest absolute Gasteiger partial charge is 0.265 e. The maximum absolute atomic E-state index is 14.1. The van der Waals surface area contributed by atoms with E-state index in [0.29, 0.717) is 52.1 Å². The summed E-state index contributed by atoms with van der Waals surface area (Å²) in [6, 6.07) is 7.17. The molecule has 2 aromatic heterocycles. The third-order valence-electron chi connectivity index (χ3n) is 7.29. The lowest BCUT2D eigenvalue weighted by molar-refractivity contribution is 0.0909. The molecule has 2 aliphatic rings. The Labute approximate surface area is 209 Å². The first kappa shape index (κ1) is 23.8. The molecular formula is C28H32N2O4S. The van der Waals surface area contributed by atoms with Crippen LogP contribution in [0.1, 0.15) is 80.0 Å². The molecule has 1 saturated carbocycles. The molecule has 35 heavy (non-hydrogen) atoms. The van der Waals surface area contributed by atoms with Crippen LogP contribution >= 0.6 is 11.3 Å². The molecule has 1 aromatic carbocycles. The van der Waals surface area contributed by atoms with Crippen molar-refractivity contribution in [2.45, 2.75) is 64.7 Å². The SMILES string of the molecule is COc1ccc(OC)c(-n2c3c(cc(-c4nc(C5CCCCC5)cs4)c2=O)C(=O)CC(C)(C)C3)c1. The topological polar surface area (TPSA) is 70.4 Å². The van der Waals surface area contributed by atoms with Gasteiger partial charge in [-0.2, -0.15) is 0 Å². The van der Waals surface area contributed by atoms with E-state index in [2.05, 4.69) is 19.2 Å². The number of rotatable bonds is 5. The van der Waals surface area contributed by atoms with Crippen molar-refractivity contribution in [1.82, 2.24) is 9.55 Å². The molecule has 0 radical (unpaired) electrons. The van der Waals surface area contributed by atoms with Crippen molar-refractivity contribution in [3.8, 4) is 27.8 Å². The van der Waals surface area contributed by atoms with Gasteiger partial charge in [0, 0.05) is 35.0 Å². The number of methoxy groups -OCH3 is 2. The predicted octanol–water partition coefficient (Wildman–Crippen LogP) is 6.18. The fraction of sp³-hybridized carbons (Fsp3) is 0.464. The van der Waals surface area contributed by atoms with Gasteiger partial charge in [-0.25, -0.2) is 4.98 Å². The molecule has 0 aliphatic heterocycles. The number of ketones is 1. The number of hydrogen-bond acceptors (Lipinski definition) is 6. The number of thiazole rings is 1. The second-order valence-corrected chi connectivity index (χ2v) is 11.3. The molecule has 0 bridgehead atoms. The molecule has 0 saturated heterocycles. The van der Waals surface area contributed by atoms with Crippen molar-refractivity contribution in [3.05, 3.63) is 57.0 Å². The van der Waals surface area contributed by atoms with Crippen molar-refractivity contribution in [2.75, 3.05) is 14.2 Å². The van der Waals surface area contributed by atoms with Crippen molar-refractivity contribution in [1.29, 1.82) is 0 Å². The number of carbonyl (C=O) groups is 1. The zero-order chi connectivity index (χ0) is 24.7. The molecule has 2 aliphatic carbocycles. The van der Waals surface area contributed by atoms with Gasteiger partial charge in [0.05, 0.1) is 31.2 Å². The highest BCUT2D eigenvalue weighted by Crippen LogP contribution is 2.39. The highest BCUT2D eigenvalue weighted by molar-refractivity contribution is 7.13. The van der Waals surface area contributed by atoms with Gasteiger partial charge in [0.25, 0.3) is 5.56 Å². The van der Waals surface area contributed by atoms with Gasteiger partial charge >= 0.3 is 0 Å². The van der Waals surface area contributed by atoms with Crippen LogP contribution in [-0.4, -0.2) is 29.6 Å². The molecule has 7 heteroatoms. The Balaban J connectivity index is 1.74. The van der Waals surface area contributed by atoms with Crippen LogP contribution in [0.3, 0.4) is 0 Å². The summed E-state index contributed by atoms with van der Waals surface area (Å²) in [5, 5.41) is 2.76. The lowest BCUT2D eigenvalue weighted by Crippen LogP contribution is -2.35. The van der Waals surface area contributed by atoms with Gasteiger partial charge in [-0.3, -0.25) is 14.2 Å². The first-order chi connectivity index (χ1) is 16.8. The lowest BCUT2D eigenvalue weighted by atomic mass is 9.75. The molecule has 6 nitrogen and oxygen atoms in total. The lowest BCUT2D eigenvalue weighted by Gasteiger charge is -2.32. The Hall–Kier alpha value is -2.93. The minimum absolute atomic E-state index is 0.0529. The monoisotopic (exact) mass is 492 g/mol. The van der Waals surface area contributed by atoms with Gasteiger partial charge < -0.3 is 9.47 Å². The summed E-state index contributed by atoms with van der Waals surface area (Å²) in [5.74, 6) is 1.67. The van der Waals surface area contributed by atoms with Gasteiger partial charge in [0.2, 0.25) is 0 Å². The molecule has 1 fully saturated rings. The summed E-state index contributed by atoms with van der Waals surface area (Å²) >= 11 is 1.49. The molecule has 0 N–H and O–H groups in total. The second-order valence-electron chi connectivity index (χ2n) is 10.5. The molecular weight excluding hydrogens is 460 g/mol. The average Bonchev–Trinajstić information content (AvgIpc) is 3.33. The number of Topliss-reactive ketones (excluding diaryl/α,β-unsaturated/α-hetero) is 1. The number of hydrogen-bond donors (Lipinski definition) is 0. The number of pyridine rings is 1. The van der Waals surface area contributed by atoms with E-state index in [0.717, 1.165) is 24.2 Å². The summed E-state index contributed by atoms with van der Waals surface area (Å²) in [6.07, 6.45) is 7.07. The summed E-state index contributed by atoms with van der Waals surface area (Å²) in [5.41, 5.74) is 2.98. The summed E-state index contributed by atoms with van der Waals surface area (Å²) < 4.78 is 12.8. The summed E-state index contributed by atoms with van der Waals surface area (Å²) in [4.78, 5) is 32.4. The standard InChI is InChI=1S/C28H32N2O4S/c1-28(2)14-23-19(24(31)15-28)13-20(26-29-21(16-35-26)17-8-6-5-7-9-17)27(32)30(23)22-12-18(33-3)10-11-25(22)34-4/h10-13,16-17H,5-9,14-15H2,1-4H3. The average molecular weight is 493 g/mol. The Bertz CT molecular complexity index is 1330. The maximum Gasteiger partial charge on any atom is 0.265 e. The van der Waals surface area contributed by atoms with Crippen molar-refractivity contribution < 1.29 is 14.3 Å². The summed E-state index contributed by atoms with van der Waals surface area (Å²) in [6.45, 7) is 4.13. The zero-order valence-corrected chi connectivity index (χ0v) is 21.7. The number of benzene rings is 1. The Morgan fingerprint density at radius 3 is 2.49 bits per heavy atom. The third kappa shape index (κ3) is 4.42. The first-order valence-corrected chi connectivity index (χ1v) is 13.2. The molecule has 184 valence electrons. The maximum atomic E-state index is 14.1. The van der Waals surface area contributed by atoms with E-state index in [1.165, 1.54) is 30.6 Å². The van der Waals surface area contributed by atoms with Gasteiger partial charge in [-0.15, -0.1) is 11.3 Å². The van der Waals surface area contributed by atoms with Crippen LogP contribution in [0.2, 0.25) is 0 Å². The molecule has 3 aromatic rings. The minimum Gasteiger partial charge on any atom is -0.497 e. The highest BCUT2D eigenvalue weighted by atomic mass is 32.1. The van der Waals surface area contributed by atoms with Gasteiger partial charge in [0.15, 0.2) is 5.78 Å². The van der Waals surface area contributed by atoms with Crippen molar-refractivity contribution in [2.24, 2.45) is 5.41 Å². The first-order valence-electron chi connectivity index (χ1n) is 12.3. The van der Waals surface area contributed by atoms with Crippen LogP contribution in [0.4, 0.5) is 0 Å². The van der Waals surface area contributed by atoms with E-state index in [-0.39, 0.29) is 16.8 Å². The summed E-state index contributed by atoms with van der Waals surface area (Å²) in [7, 11) is 3.17. The Morgan fingerprint density at radius 2 is 1.77 bits per heavy atom. The predicted molar refractivity (Wildman–Crippen MR) is 139 cm³/mol. The van der Waals surface area contributed by atoms with E-state index < -0.39 is 0 Å². The number of fused-ring (bicyclic) bond motifs is 1. The van der Waals surface area contributed by atoms with Gasteiger partial charge in [0.1, 0.15) is 16.5 Å². The van der Waals surface area contributed by atoms with E-state index in [9.17, 15) is 9.59 Å². The number of carbonyl (C=O) groups excluding carboxylic acids is 1. The van der Waals surface area contributed by atoms with Crippen LogP contribution in [0.15, 0.2) is 34.4 Å². The molecule has 0 atom stereocenters. The normalized spacial score (nSPS) is 17.8. The van der Waals surface area contributed by atoms with E-state index in [1.54, 1.807) is 43.1 Å². The highest BCUT2D eigenvalue weighted by Gasteiger charge is 2.35. The third-order valence-corrected chi connectivity index (χ3v) is 8.19. The largest absolute Gasteiger partial charge is 0.497 e. The molecule has 0 unspecified atom stereocenters.